The van der Waals surface area contributed by atoms with Crippen LogP contribution in [0.2, 0.25) is 0 Å². The van der Waals surface area contributed by atoms with Gasteiger partial charge in [0, 0.05) is 17.6 Å². The van der Waals surface area contributed by atoms with E-state index in [0.717, 1.165) is 43.2 Å². The van der Waals surface area contributed by atoms with Gasteiger partial charge in [-0.2, -0.15) is 13.2 Å². The molecule has 2 aromatic carbocycles. The maximum atomic E-state index is 13.1. The molecular formula is C19H19F3N2. The fraction of sp³-hybridized carbons (Fsp3) is 0.368. The fourth-order valence-corrected chi connectivity index (χ4v) is 3.97. The summed E-state index contributed by atoms with van der Waals surface area (Å²) >= 11 is 0. The first kappa shape index (κ1) is 15.5. The first-order valence-corrected chi connectivity index (χ1v) is 8.32. The Hall–Kier alpha value is -2.01. The molecule has 4 rings (SSSR count). The predicted octanol–water partition coefficient (Wildman–Crippen LogP) is 4.63. The van der Waals surface area contributed by atoms with E-state index in [1.807, 2.05) is 18.2 Å². The molecule has 2 aromatic rings. The van der Waals surface area contributed by atoms with Gasteiger partial charge in [-0.15, -0.1) is 0 Å². The molecule has 0 radical (unpaired) electrons. The Bertz CT molecular complexity index is 755. The number of benzene rings is 2. The molecule has 0 unspecified atom stereocenters. The van der Waals surface area contributed by atoms with Gasteiger partial charge >= 0.3 is 6.18 Å². The van der Waals surface area contributed by atoms with E-state index in [2.05, 4.69) is 10.6 Å². The highest BCUT2D eigenvalue weighted by atomic mass is 19.4. The highest BCUT2D eigenvalue weighted by Crippen LogP contribution is 2.45. The molecule has 0 aromatic heterocycles. The molecule has 1 saturated heterocycles. The molecule has 0 aliphatic carbocycles. The van der Waals surface area contributed by atoms with Gasteiger partial charge in [0.1, 0.15) is 0 Å². The van der Waals surface area contributed by atoms with Gasteiger partial charge in [-0.25, -0.2) is 0 Å². The molecule has 24 heavy (non-hydrogen) atoms. The van der Waals surface area contributed by atoms with E-state index < -0.39 is 11.7 Å². The van der Waals surface area contributed by atoms with Gasteiger partial charge in [0.15, 0.2) is 0 Å². The summed E-state index contributed by atoms with van der Waals surface area (Å²) in [5.74, 6) is 0.348. The van der Waals surface area contributed by atoms with Crippen molar-refractivity contribution in [1.29, 1.82) is 0 Å². The highest BCUT2D eigenvalue weighted by Gasteiger charge is 2.35. The molecule has 1 fully saturated rings. The van der Waals surface area contributed by atoms with Crippen molar-refractivity contribution >= 4 is 5.69 Å². The number of hydrogen-bond acceptors (Lipinski definition) is 2. The largest absolute Gasteiger partial charge is 0.416 e. The molecule has 2 N–H and O–H groups in total. The van der Waals surface area contributed by atoms with Gasteiger partial charge in [-0.05, 0) is 60.8 Å². The van der Waals surface area contributed by atoms with Crippen molar-refractivity contribution in [3.05, 3.63) is 53.6 Å². The number of anilines is 1. The third kappa shape index (κ3) is 2.67. The van der Waals surface area contributed by atoms with Gasteiger partial charge in [-0.3, -0.25) is 0 Å². The second kappa shape index (κ2) is 5.81. The van der Waals surface area contributed by atoms with Crippen LogP contribution < -0.4 is 10.6 Å². The molecule has 2 aliphatic rings. The van der Waals surface area contributed by atoms with E-state index >= 15 is 0 Å². The SMILES string of the molecule is FC(F)(F)c1cccc(-c2cccc3c2[C@@H]2CCNCC[C@@H]2N3)c1. The van der Waals surface area contributed by atoms with Crippen LogP contribution in [0.25, 0.3) is 11.1 Å². The summed E-state index contributed by atoms with van der Waals surface area (Å²) in [6.45, 7) is 1.92. The van der Waals surface area contributed by atoms with Crippen LogP contribution in [0.3, 0.4) is 0 Å². The molecule has 2 nitrogen and oxygen atoms in total. The number of alkyl halides is 3. The summed E-state index contributed by atoms with van der Waals surface area (Å²) in [6.07, 6.45) is -2.29. The van der Waals surface area contributed by atoms with Crippen molar-refractivity contribution in [3.8, 4) is 11.1 Å². The van der Waals surface area contributed by atoms with Gasteiger partial charge in [-0.1, -0.05) is 24.3 Å². The Balaban J connectivity index is 1.80. The zero-order valence-corrected chi connectivity index (χ0v) is 13.2. The van der Waals surface area contributed by atoms with Crippen LogP contribution in [0.1, 0.15) is 29.9 Å². The van der Waals surface area contributed by atoms with E-state index in [1.54, 1.807) is 6.07 Å². The van der Waals surface area contributed by atoms with Crippen LogP contribution in [0.15, 0.2) is 42.5 Å². The van der Waals surface area contributed by atoms with Gasteiger partial charge in [0.2, 0.25) is 0 Å². The Morgan fingerprint density at radius 3 is 2.58 bits per heavy atom. The van der Waals surface area contributed by atoms with Crippen LogP contribution in [-0.4, -0.2) is 19.1 Å². The number of nitrogens with one attached hydrogen (secondary N) is 2. The minimum Gasteiger partial charge on any atom is -0.381 e. The first-order chi connectivity index (χ1) is 11.5. The van der Waals surface area contributed by atoms with E-state index in [1.165, 1.54) is 17.7 Å². The highest BCUT2D eigenvalue weighted by molar-refractivity contribution is 5.78. The molecule has 2 atom stereocenters. The van der Waals surface area contributed by atoms with Crippen LogP contribution in [0.5, 0.6) is 0 Å². The van der Waals surface area contributed by atoms with Gasteiger partial charge < -0.3 is 10.6 Å². The van der Waals surface area contributed by atoms with Gasteiger partial charge in [0.25, 0.3) is 0 Å². The van der Waals surface area contributed by atoms with E-state index in [0.29, 0.717) is 17.5 Å². The standard InChI is InChI=1S/C19H19F3N2/c20-19(21,22)13-4-1-3-12(11-13)14-5-2-6-17-18(14)15-7-9-23-10-8-16(15)24-17/h1-6,11,15-16,23-24H,7-10H2/t15-,16+/m1/s1. The second-order valence-corrected chi connectivity index (χ2v) is 6.53. The van der Waals surface area contributed by atoms with Gasteiger partial charge in [0.05, 0.1) is 5.56 Å². The van der Waals surface area contributed by atoms with Crippen molar-refractivity contribution in [1.82, 2.24) is 5.32 Å². The number of halogens is 3. The maximum Gasteiger partial charge on any atom is 0.416 e. The monoisotopic (exact) mass is 332 g/mol. The van der Waals surface area contributed by atoms with E-state index in [-0.39, 0.29) is 0 Å². The molecule has 5 heteroatoms. The van der Waals surface area contributed by atoms with Crippen molar-refractivity contribution in [3.63, 3.8) is 0 Å². The lowest BCUT2D eigenvalue weighted by Gasteiger charge is -2.18. The topological polar surface area (TPSA) is 24.1 Å². The molecule has 126 valence electrons. The zero-order valence-electron chi connectivity index (χ0n) is 13.2. The Morgan fingerprint density at radius 2 is 1.75 bits per heavy atom. The van der Waals surface area contributed by atoms with E-state index in [9.17, 15) is 13.2 Å². The average Bonchev–Trinajstić information content (AvgIpc) is 2.76. The molecule has 2 heterocycles. The van der Waals surface area contributed by atoms with Crippen LogP contribution >= 0.6 is 0 Å². The van der Waals surface area contributed by atoms with Crippen molar-refractivity contribution in [2.45, 2.75) is 31.0 Å². The Morgan fingerprint density at radius 1 is 0.958 bits per heavy atom. The minimum absolute atomic E-state index is 0.348. The van der Waals surface area contributed by atoms with Crippen molar-refractivity contribution < 1.29 is 13.2 Å². The third-order valence-electron chi connectivity index (χ3n) is 5.07. The molecule has 0 bridgehead atoms. The third-order valence-corrected chi connectivity index (χ3v) is 5.07. The summed E-state index contributed by atoms with van der Waals surface area (Å²) in [7, 11) is 0. The minimum atomic E-state index is -4.32. The predicted molar refractivity (Wildman–Crippen MR) is 89.1 cm³/mol. The van der Waals surface area contributed by atoms with Crippen LogP contribution in [0.4, 0.5) is 18.9 Å². The lowest BCUT2D eigenvalue weighted by atomic mass is 9.85. The molecule has 0 saturated carbocycles. The lowest BCUT2D eigenvalue weighted by Crippen LogP contribution is -2.21. The normalized spacial score (nSPS) is 23.1. The van der Waals surface area contributed by atoms with Crippen LogP contribution in [-0.2, 0) is 6.18 Å². The number of fused-ring (bicyclic) bond motifs is 3. The van der Waals surface area contributed by atoms with Crippen molar-refractivity contribution in [2.24, 2.45) is 0 Å². The maximum absolute atomic E-state index is 13.1. The molecular weight excluding hydrogens is 313 g/mol. The smallest absolute Gasteiger partial charge is 0.381 e. The average molecular weight is 332 g/mol. The Labute approximate surface area is 139 Å². The fourth-order valence-electron chi connectivity index (χ4n) is 3.97. The molecule has 0 spiro atoms. The summed E-state index contributed by atoms with van der Waals surface area (Å²) in [5, 5.41) is 6.98. The summed E-state index contributed by atoms with van der Waals surface area (Å²) in [4.78, 5) is 0. The Kier molecular flexibility index (Phi) is 3.76. The number of hydrogen-bond donors (Lipinski definition) is 2. The quantitative estimate of drug-likeness (QED) is 0.795. The summed E-state index contributed by atoms with van der Waals surface area (Å²) in [5.41, 5.74) is 3.21. The summed E-state index contributed by atoms with van der Waals surface area (Å²) in [6, 6.07) is 11.9. The van der Waals surface area contributed by atoms with E-state index in [4.69, 9.17) is 0 Å². The zero-order chi connectivity index (χ0) is 16.7. The second-order valence-electron chi connectivity index (χ2n) is 6.53. The van der Waals surface area contributed by atoms with Crippen molar-refractivity contribution in [2.75, 3.05) is 18.4 Å². The first-order valence-electron chi connectivity index (χ1n) is 8.32. The lowest BCUT2D eigenvalue weighted by molar-refractivity contribution is -0.137. The van der Waals surface area contributed by atoms with Crippen LogP contribution in [0, 0.1) is 0 Å². The molecule has 0 amide bonds. The number of rotatable bonds is 1. The summed E-state index contributed by atoms with van der Waals surface area (Å²) < 4.78 is 39.2. The molecule has 2 aliphatic heterocycles.